The van der Waals surface area contributed by atoms with E-state index in [0.717, 1.165) is 31.2 Å². The molecule has 0 heterocycles. The molecule has 172 valence electrons. The van der Waals surface area contributed by atoms with E-state index in [9.17, 15) is 14.4 Å². The summed E-state index contributed by atoms with van der Waals surface area (Å²) in [6.45, 7) is 5.20. The van der Waals surface area contributed by atoms with Gasteiger partial charge in [0.2, 0.25) is 0 Å². The number of methoxy groups -OCH3 is 1. The van der Waals surface area contributed by atoms with Crippen LogP contribution in [0.25, 0.3) is 0 Å². The molecule has 1 aromatic carbocycles. The lowest BCUT2D eigenvalue weighted by atomic mass is 10.1. The predicted molar refractivity (Wildman–Crippen MR) is 114 cm³/mol. The molecule has 0 spiro atoms. The Morgan fingerprint density at radius 2 is 1.74 bits per heavy atom. The van der Waals surface area contributed by atoms with Gasteiger partial charge in [0.15, 0.2) is 0 Å². The molecule has 8 heteroatoms. The molecular formula is C23H33NO7. The second-order valence-electron chi connectivity index (χ2n) is 8.59. The highest BCUT2D eigenvalue weighted by molar-refractivity contribution is 5.82. The molecule has 1 amide bonds. The molecule has 1 fully saturated rings. The third-order valence-corrected chi connectivity index (χ3v) is 4.75. The van der Waals surface area contributed by atoms with Crippen molar-refractivity contribution in [2.45, 2.75) is 83.6 Å². The highest BCUT2D eigenvalue weighted by atomic mass is 16.6. The van der Waals surface area contributed by atoms with Crippen LogP contribution in [0.1, 0.15) is 64.9 Å². The maximum absolute atomic E-state index is 12.6. The smallest absolute Gasteiger partial charge is 0.408 e. The van der Waals surface area contributed by atoms with Gasteiger partial charge < -0.3 is 24.3 Å². The van der Waals surface area contributed by atoms with Crippen molar-refractivity contribution in [1.82, 2.24) is 5.32 Å². The van der Waals surface area contributed by atoms with Crippen molar-refractivity contribution in [2.75, 3.05) is 7.11 Å². The molecular weight excluding hydrogens is 402 g/mol. The number of carbonyl (C=O) groups excluding carboxylic acids is 3. The van der Waals surface area contributed by atoms with Gasteiger partial charge in [-0.3, -0.25) is 4.79 Å². The van der Waals surface area contributed by atoms with Crippen molar-refractivity contribution in [2.24, 2.45) is 0 Å². The van der Waals surface area contributed by atoms with E-state index in [0.29, 0.717) is 5.75 Å². The number of hydrogen-bond acceptors (Lipinski definition) is 7. The third-order valence-electron chi connectivity index (χ3n) is 4.75. The number of alkyl carbamates (subject to hydrolysis) is 1. The fourth-order valence-electron chi connectivity index (χ4n) is 3.19. The van der Waals surface area contributed by atoms with Crippen LogP contribution in [0, 0.1) is 0 Å². The topological polar surface area (TPSA) is 100 Å². The summed E-state index contributed by atoms with van der Waals surface area (Å²) in [5, 5.41) is 2.51. The average Bonchev–Trinajstić information content (AvgIpc) is 3.21. The molecule has 0 aromatic heterocycles. The standard InChI is InChI=1S/C23H33NO7/c1-23(2,3)31-22(27)24-19(13-14-20(25)30-18-7-5-6-8-18)21(26)29-15-16-9-11-17(28-4)12-10-16/h9-12,18-19H,5-8,13-15H2,1-4H3,(H,24,27)/t19-/m1/s1. The number of amides is 1. The van der Waals surface area contributed by atoms with Gasteiger partial charge in [-0.1, -0.05) is 12.1 Å². The van der Waals surface area contributed by atoms with E-state index in [-0.39, 0.29) is 31.5 Å². The first-order valence-electron chi connectivity index (χ1n) is 10.6. The van der Waals surface area contributed by atoms with Gasteiger partial charge >= 0.3 is 18.0 Å². The van der Waals surface area contributed by atoms with Crippen LogP contribution < -0.4 is 10.1 Å². The summed E-state index contributed by atoms with van der Waals surface area (Å²) in [5.41, 5.74) is 0.0501. The number of rotatable bonds is 9. The van der Waals surface area contributed by atoms with E-state index < -0.39 is 23.7 Å². The molecule has 1 aliphatic carbocycles. The first-order valence-corrected chi connectivity index (χ1v) is 10.6. The van der Waals surface area contributed by atoms with Crippen molar-refractivity contribution >= 4 is 18.0 Å². The Morgan fingerprint density at radius 3 is 2.32 bits per heavy atom. The van der Waals surface area contributed by atoms with Crippen LogP contribution in [-0.2, 0) is 30.4 Å². The van der Waals surface area contributed by atoms with E-state index >= 15 is 0 Å². The van der Waals surface area contributed by atoms with Crippen LogP contribution >= 0.6 is 0 Å². The van der Waals surface area contributed by atoms with Gasteiger partial charge in [-0.15, -0.1) is 0 Å². The highest BCUT2D eigenvalue weighted by Crippen LogP contribution is 2.21. The van der Waals surface area contributed by atoms with Gasteiger partial charge in [0.05, 0.1) is 7.11 Å². The molecule has 0 unspecified atom stereocenters. The average molecular weight is 436 g/mol. The quantitative estimate of drug-likeness (QED) is 0.464. The van der Waals surface area contributed by atoms with E-state index in [1.165, 1.54) is 0 Å². The van der Waals surface area contributed by atoms with Crippen molar-refractivity contribution in [3.8, 4) is 5.75 Å². The molecule has 31 heavy (non-hydrogen) atoms. The largest absolute Gasteiger partial charge is 0.497 e. The monoisotopic (exact) mass is 435 g/mol. The third kappa shape index (κ3) is 9.27. The SMILES string of the molecule is COc1ccc(COC(=O)[C@@H](CCC(=O)OC2CCCC2)NC(=O)OC(C)(C)C)cc1. The Bertz CT molecular complexity index is 733. The van der Waals surface area contributed by atoms with Gasteiger partial charge in [-0.25, -0.2) is 9.59 Å². The molecule has 0 bridgehead atoms. The van der Waals surface area contributed by atoms with Crippen molar-refractivity contribution < 1.29 is 33.3 Å². The number of benzene rings is 1. The first-order chi connectivity index (χ1) is 14.7. The minimum Gasteiger partial charge on any atom is -0.497 e. The Hall–Kier alpha value is -2.77. The number of carbonyl (C=O) groups is 3. The van der Waals surface area contributed by atoms with Gasteiger partial charge in [0.1, 0.15) is 30.1 Å². The lowest BCUT2D eigenvalue weighted by Crippen LogP contribution is -2.44. The zero-order chi connectivity index (χ0) is 22.9. The summed E-state index contributed by atoms with van der Waals surface area (Å²) in [5.74, 6) is -0.332. The molecule has 0 aliphatic heterocycles. The Morgan fingerprint density at radius 1 is 1.10 bits per heavy atom. The summed E-state index contributed by atoms with van der Waals surface area (Å²) in [4.78, 5) is 36.9. The van der Waals surface area contributed by atoms with Crippen LogP contribution in [0.15, 0.2) is 24.3 Å². The van der Waals surface area contributed by atoms with Gasteiger partial charge in [-0.2, -0.15) is 0 Å². The zero-order valence-corrected chi connectivity index (χ0v) is 18.8. The normalized spacial score (nSPS) is 15.1. The molecule has 1 aliphatic rings. The lowest BCUT2D eigenvalue weighted by molar-refractivity contribution is -0.150. The number of ether oxygens (including phenoxy) is 4. The molecule has 1 saturated carbocycles. The summed E-state index contributed by atoms with van der Waals surface area (Å²) >= 11 is 0. The van der Waals surface area contributed by atoms with Crippen molar-refractivity contribution in [3.05, 3.63) is 29.8 Å². The fraction of sp³-hybridized carbons (Fsp3) is 0.609. The zero-order valence-electron chi connectivity index (χ0n) is 18.8. The van der Waals surface area contributed by atoms with E-state index in [1.807, 2.05) is 0 Å². The maximum Gasteiger partial charge on any atom is 0.408 e. The van der Waals surface area contributed by atoms with Gasteiger partial charge in [-0.05, 0) is 70.6 Å². The number of hydrogen-bond donors (Lipinski definition) is 1. The minimum atomic E-state index is -1.02. The molecule has 1 atom stereocenters. The maximum atomic E-state index is 12.6. The van der Waals surface area contributed by atoms with Crippen LogP contribution in [0.3, 0.4) is 0 Å². The summed E-state index contributed by atoms with van der Waals surface area (Å²) in [6.07, 6.45) is 3.11. The number of esters is 2. The van der Waals surface area contributed by atoms with Crippen LogP contribution in [0.2, 0.25) is 0 Å². The first kappa shape index (κ1) is 24.5. The molecule has 2 rings (SSSR count). The molecule has 8 nitrogen and oxygen atoms in total. The fourth-order valence-corrected chi connectivity index (χ4v) is 3.19. The molecule has 1 N–H and O–H groups in total. The molecule has 0 saturated heterocycles. The van der Waals surface area contributed by atoms with Crippen molar-refractivity contribution in [3.63, 3.8) is 0 Å². The second kappa shape index (κ2) is 11.6. The van der Waals surface area contributed by atoms with Crippen LogP contribution in [-0.4, -0.2) is 42.9 Å². The molecule has 0 radical (unpaired) electrons. The van der Waals surface area contributed by atoms with Gasteiger partial charge in [0, 0.05) is 6.42 Å². The number of nitrogens with one attached hydrogen (secondary N) is 1. The minimum absolute atomic E-state index is 0.00536. The van der Waals surface area contributed by atoms with E-state index in [1.54, 1.807) is 52.1 Å². The van der Waals surface area contributed by atoms with Crippen LogP contribution in [0.4, 0.5) is 4.79 Å². The van der Waals surface area contributed by atoms with E-state index in [4.69, 9.17) is 18.9 Å². The summed E-state index contributed by atoms with van der Waals surface area (Å²) in [6, 6.07) is 6.06. The van der Waals surface area contributed by atoms with E-state index in [2.05, 4.69) is 5.32 Å². The van der Waals surface area contributed by atoms with Gasteiger partial charge in [0.25, 0.3) is 0 Å². The highest BCUT2D eigenvalue weighted by Gasteiger charge is 2.27. The summed E-state index contributed by atoms with van der Waals surface area (Å²) < 4.78 is 21.1. The summed E-state index contributed by atoms with van der Waals surface area (Å²) in [7, 11) is 1.57. The van der Waals surface area contributed by atoms with Crippen LogP contribution in [0.5, 0.6) is 5.75 Å². The Labute approximate surface area is 183 Å². The van der Waals surface area contributed by atoms with Crippen molar-refractivity contribution in [1.29, 1.82) is 0 Å². The Balaban J connectivity index is 1.92. The predicted octanol–water partition coefficient (Wildman–Crippen LogP) is 3.90. The Kier molecular flexibility index (Phi) is 9.15. The second-order valence-corrected chi connectivity index (χ2v) is 8.59. The molecule has 1 aromatic rings. The lowest BCUT2D eigenvalue weighted by Gasteiger charge is -2.23.